The summed E-state index contributed by atoms with van der Waals surface area (Å²) in [4.78, 5) is 12.8. The number of nitrogens with zero attached hydrogens (tertiary/aromatic N) is 2. The summed E-state index contributed by atoms with van der Waals surface area (Å²) in [6, 6.07) is 4.93. The number of hydrogen-bond donors (Lipinski definition) is 1. The van der Waals surface area contributed by atoms with Gasteiger partial charge in [-0.2, -0.15) is 0 Å². The van der Waals surface area contributed by atoms with E-state index in [2.05, 4.69) is 5.32 Å². The van der Waals surface area contributed by atoms with Crippen LogP contribution in [0.1, 0.15) is 0 Å². The topological polar surface area (TPSA) is 76.9 Å². The lowest BCUT2D eigenvalue weighted by Crippen LogP contribution is -2.46. The highest BCUT2D eigenvalue weighted by Gasteiger charge is 2.26. The molecule has 1 saturated heterocycles. The number of hydrogen-bond acceptors (Lipinski definition) is 6. The molecule has 1 aliphatic heterocycles. The van der Waals surface area contributed by atoms with Crippen LogP contribution in [0, 0.1) is 10.1 Å². The molecule has 1 N–H and O–H groups in total. The van der Waals surface area contributed by atoms with E-state index in [1.807, 2.05) is 11.9 Å². The van der Waals surface area contributed by atoms with Crippen molar-refractivity contribution in [3.8, 4) is 5.75 Å². The maximum absolute atomic E-state index is 11.2. The Hall–Kier alpha value is -1.86. The number of nitrogens with one attached hydrogen (secondary N) is 1. The number of methoxy groups -OCH3 is 1. The molecule has 1 aromatic rings. The van der Waals surface area contributed by atoms with Gasteiger partial charge >= 0.3 is 0 Å². The molecule has 0 saturated carbocycles. The van der Waals surface area contributed by atoms with Crippen LogP contribution in [0.15, 0.2) is 18.2 Å². The second-order valence-corrected chi connectivity index (χ2v) is 4.61. The number of anilines is 1. The van der Waals surface area contributed by atoms with Gasteiger partial charge in [-0.15, -0.1) is 0 Å². The van der Waals surface area contributed by atoms with Gasteiger partial charge in [0.05, 0.1) is 30.8 Å². The monoisotopic (exact) mass is 281 g/mol. The van der Waals surface area contributed by atoms with Gasteiger partial charge in [-0.05, 0) is 19.2 Å². The normalized spacial score (nSPS) is 18.9. The summed E-state index contributed by atoms with van der Waals surface area (Å²) in [6.07, 6.45) is 0.0375. The Morgan fingerprint density at radius 1 is 1.60 bits per heavy atom. The number of ether oxygens (including phenoxy) is 2. The fraction of sp³-hybridized carbons (Fsp3) is 0.538. The molecule has 2 rings (SSSR count). The SMILES string of the molecule is CNCC1CN(c2ccc(OC)cc2[N+](=O)[O-])CCO1. The smallest absolute Gasteiger partial charge is 0.296 e. The fourth-order valence-electron chi connectivity index (χ4n) is 2.33. The minimum atomic E-state index is -0.375. The van der Waals surface area contributed by atoms with Gasteiger partial charge < -0.3 is 19.7 Å². The largest absolute Gasteiger partial charge is 0.496 e. The van der Waals surface area contributed by atoms with Gasteiger partial charge in [-0.1, -0.05) is 0 Å². The molecule has 0 amide bonds. The van der Waals surface area contributed by atoms with Crippen LogP contribution < -0.4 is 15.0 Å². The van der Waals surface area contributed by atoms with Crippen LogP contribution in [0.25, 0.3) is 0 Å². The first-order valence-corrected chi connectivity index (χ1v) is 6.49. The van der Waals surface area contributed by atoms with Crippen LogP contribution in [0.4, 0.5) is 11.4 Å². The van der Waals surface area contributed by atoms with Crippen molar-refractivity contribution < 1.29 is 14.4 Å². The molecule has 110 valence electrons. The van der Waals surface area contributed by atoms with E-state index in [0.717, 1.165) is 6.54 Å². The summed E-state index contributed by atoms with van der Waals surface area (Å²) in [5, 5.41) is 14.3. The quantitative estimate of drug-likeness (QED) is 0.641. The molecule has 1 aromatic carbocycles. The summed E-state index contributed by atoms with van der Waals surface area (Å²) < 4.78 is 10.7. The van der Waals surface area contributed by atoms with Crippen molar-refractivity contribution in [1.82, 2.24) is 5.32 Å². The third-order valence-electron chi connectivity index (χ3n) is 3.29. The fourth-order valence-corrected chi connectivity index (χ4v) is 2.33. The van der Waals surface area contributed by atoms with Gasteiger partial charge in [0.2, 0.25) is 0 Å². The first-order valence-electron chi connectivity index (χ1n) is 6.49. The molecule has 1 atom stereocenters. The zero-order valence-corrected chi connectivity index (χ0v) is 11.7. The van der Waals surface area contributed by atoms with Gasteiger partial charge in [0, 0.05) is 19.6 Å². The second-order valence-electron chi connectivity index (χ2n) is 4.61. The molecular formula is C13H19N3O4. The number of nitro benzene ring substituents is 1. The molecule has 0 aromatic heterocycles. The summed E-state index contributed by atoms with van der Waals surface area (Å²) in [5.74, 6) is 0.487. The number of nitro groups is 1. The average Bonchev–Trinajstić information content (AvgIpc) is 2.47. The molecule has 1 heterocycles. The van der Waals surface area contributed by atoms with E-state index < -0.39 is 0 Å². The van der Waals surface area contributed by atoms with E-state index in [1.54, 1.807) is 12.1 Å². The van der Waals surface area contributed by atoms with Crippen molar-refractivity contribution >= 4 is 11.4 Å². The maximum Gasteiger partial charge on any atom is 0.296 e. The Bertz CT molecular complexity index is 479. The van der Waals surface area contributed by atoms with Gasteiger partial charge in [0.15, 0.2) is 0 Å². The summed E-state index contributed by atoms with van der Waals surface area (Å²) in [5.41, 5.74) is 0.676. The molecule has 20 heavy (non-hydrogen) atoms. The van der Waals surface area contributed by atoms with Crippen molar-refractivity contribution in [2.24, 2.45) is 0 Å². The molecule has 0 radical (unpaired) electrons. The zero-order chi connectivity index (χ0) is 14.5. The highest BCUT2D eigenvalue weighted by molar-refractivity contribution is 5.65. The Morgan fingerprint density at radius 3 is 3.05 bits per heavy atom. The minimum absolute atomic E-state index is 0.0375. The van der Waals surface area contributed by atoms with Gasteiger partial charge in [0.1, 0.15) is 11.4 Å². The predicted molar refractivity (Wildman–Crippen MR) is 75.5 cm³/mol. The van der Waals surface area contributed by atoms with Crippen molar-refractivity contribution in [3.63, 3.8) is 0 Å². The van der Waals surface area contributed by atoms with Crippen molar-refractivity contribution in [2.45, 2.75) is 6.10 Å². The maximum atomic E-state index is 11.2. The van der Waals surface area contributed by atoms with Crippen LogP contribution in [-0.4, -0.2) is 51.4 Å². The molecule has 1 unspecified atom stereocenters. The van der Waals surface area contributed by atoms with Crippen LogP contribution in [0.2, 0.25) is 0 Å². The molecule has 7 nitrogen and oxygen atoms in total. The van der Waals surface area contributed by atoms with Gasteiger partial charge in [-0.25, -0.2) is 0 Å². The molecule has 0 spiro atoms. The molecule has 0 aliphatic carbocycles. The number of rotatable bonds is 5. The number of likely N-dealkylation sites (N-methyl/N-ethyl adjacent to an activating group) is 1. The van der Waals surface area contributed by atoms with Crippen LogP contribution >= 0.6 is 0 Å². The van der Waals surface area contributed by atoms with Gasteiger partial charge in [0.25, 0.3) is 5.69 Å². The van der Waals surface area contributed by atoms with Crippen molar-refractivity contribution in [2.75, 3.05) is 45.3 Å². The Kier molecular flexibility index (Phi) is 4.75. The standard InChI is InChI=1S/C13H19N3O4/c1-14-8-11-9-15(5-6-20-11)12-4-3-10(19-2)7-13(12)16(17)18/h3-4,7,11,14H,5-6,8-9H2,1-2H3. The highest BCUT2D eigenvalue weighted by atomic mass is 16.6. The number of benzene rings is 1. The van der Waals surface area contributed by atoms with Crippen molar-refractivity contribution in [1.29, 1.82) is 0 Å². The lowest BCUT2D eigenvalue weighted by atomic mass is 10.2. The Morgan fingerprint density at radius 2 is 2.40 bits per heavy atom. The number of morpholine rings is 1. The van der Waals surface area contributed by atoms with Crippen molar-refractivity contribution in [3.05, 3.63) is 28.3 Å². The average molecular weight is 281 g/mol. The summed E-state index contributed by atoms with van der Waals surface area (Å²) in [7, 11) is 3.36. The van der Waals surface area contributed by atoms with Gasteiger partial charge in [-0.3, -0.25) is 10.1 Å². The lowest BCUT2D eigenvalue weighted by Gasteiger charge is -2.34. The second kappa shape index (κ2) is 6.53. The lowest BCUT2D eigenvalue weighted by molar-refractivity contribution is -0.384. The van der Waals surface area contributed by atoms with E-state index in [4.69, 9.17) is 9.47 Å². The first-order chi connectivity index (χ1) is 9.65. The van der Waals surface area contributed by atoms with E-state index in [9.17, 15) is 10.1 Å². The summed E-state index contributed by atoms with van der Waals surface area (Å²) >= 11 is 0. The first kappa shape index (κ1) is 14.5. The Labute approximate surface area is 117 Å². The molecule has 1 aliphatic rings. The third kappa shape index (κ3) is 3.17. The zero-order valence-electron chi connectivity index (χ0n) is 11.7. The van der Waals surface area contributed by atoms with E-state index in [0.29, 0.717) is 31.1 Å². The third-order valence-corrected chi connectivity index (χ3v) is 3.29. The van der Waals surface area contributed by atoms with Crippen LogP contribution in [0.5, 0.6) is 5.75 Å². The molecule has 1 fully saturated rings. The predicted octanol–water partition coefficient (Wildman–Crippen LogP) is 1.03. The minimum Gasteiger partial charge on any atom is -0.496 e. The molecule has 7 heteroatoms. The van der Waals surface area contributed by atoms with E-state index in [-0.39, 0.29) is 16.7 Å². The molecule has 0 bridgehead atoms. The summed E-state index contributed by atoms with van der Waals surface area (Å²) in [6.45, 7) is 2.57. The van der Waals surface area contributed by atoms with E-state index >= 15 is 0 Å². The van der Waals surface area contributed by atoms with Crippen LogP contribution in [0.3, 0.4) is 0 Å². The molecular weight excluding hydrogens is 262 g/mol. The highest BCUT2D eigenvalue weighted by Crippen LogP contribution is 2.32. The van der Waals surface area contributed by atoms with Crippen LogP contribution in [-0.2, 0) is 4.74 Å². The Balaban J connectivity index is 2.24. The van der Waals surface area contributed by atoms with E-state index in [1.165, 1.54) is 13.2 Å².